The molecule has 0 aliphatic carbocycles. The van der Waals surface area contributed by atoms with Crippen LogP contribution >= 0.6 is 11.3 Å². The number of carbonyl (C=O) groups excluding carboxylic acids is 1. The number of nitrogens with one attached hydrogen (secondary N) is 2. The molecule has 0 saturated heterocycles. The summed E-state index contributed by atoms with van der Waals surface area (Å²) in [5, 5.41) is 6.06. The summed E-state index contributed by atoms with van der Waals surface area (Å²) in [7, 11) is 3.81. The van der Waals surface area contributed by atoms with Gasteiger partial charge in [0.15, 0.2) is 5.13 Å². The Balaban J connectivity index is 1.82. The average Bonchev–Trinajstić information content (AvgIpc) is 3.16. The van der Waals surface area contributed by atoms with Crippen molar-refractivity contribution in [3.63, 3.8) is 0 Å². The maximum atomic E-state index is 11.9. The summed E-state index contributed by atoms with van der Waals surface area (Å²) < 4.78 is 0.976. The summed E-state index contributed by atoms with van der Waals surface area (Å²) >= 11 is 1.43. The van der Waals surface area contributed by atoms with Gasteiger partial charge < -0.3 is 10.2 Å². The molecule has 152 valence electrons. The number of hydrogen-bond donors (Lipinski definition) is 2. The van der Waals surface area contributed by atoms with Gasteiger partial charge in [-0.25, -0.2) is 19.7 Å². The highest BCUT2D eigenvalue weighted by Gasteiger charge is 2.15. The van der Waals surface area contributed by atoms with Gasteiger partial charge >= 0.3 is 6.03 Å². The number of aromatic nitrogens is 4. The number of benzene rings is 1. The van der Waals surface area contributed by atoms with E-state index in [1.807, 2.05) is 50.3 Å². The molecule has 2 amide bonds. The van der Waals surface area contributed by atoms with Crippen LogP contribution in [0.3, 0.4) is 0 Å². The van der Waals surface area contributed by atoms with Crippen LogP contribution in [0.1, 0.15) is 6.92 Å². The largest absolute Gasteiger partial charge is 0.347 e. The van der Waals surface area contributed by atoms with E-state index in [9.17, 15) is 4.79 Å². The summed E-state index contributed by atoms with van der Waals surface area (Å²) in [5.74, 6) is 0.648. The number of amides is 2. The lowest BCUT2D eigenvalue weighted by molar-refractivity contribution is 0.252. The van der Waals surface area contributed by atoms with Gasteiger partial charge in [-0.2, -0.15) is 0 Å². The molecule has 0 aliphatic heterocycles. The zero-order chi connectivity index (χ0) is 21.1. The van der Waals surface area contributed by atoms with E-state index in [2.05, 4.69) is 36.6 Å². The zero-order valence-electron chi connectivity index (χ0n) is 16.9. The lowest BCUT2D eigenvalue weighted by Gasteiger charge is -2.11. The maximum absolute atomic E-state index is 11.9. The number of anilines is 2. The van der Waals surface area contributed by atoms with Crippen LogP contribution in [0.4, 0.5) is 15.9 Å². The Bertz CT molecular complexity index is 1170. The van der Waals surface area contributed by atoms with Crippen molar-refractivity contribution < 1.29 is 4.79 Å². The summed E-state index contributed by atoms with van der Waals surface area (Å²) in [5.41, 5.74) is 4.59. The molecule has 2 N–H and O–H groups in total. The number of fused-ring (bicyclic) bond motifs is 1. The quantitative estimate of drug-likeness (QED) is 0.507. The molecule has 0 bridgehead atoms. The second-order valence-electron chi connectivity index (χ2n) is 6.78. The third-order valence-electron chi connectivity index (χ3n) is 4.39. The molecule has 4 rings (SSSR count). The molecular weight excluding hydrogens is 398 g/mol. The summed E-state index contributed by atoms with van der Waals surface area (Å²) in [6.07, 6.45) is 7.17. The molecule has 0 fully saturated rings. The van der Waals surface area contributed by atoms with Crippen LogP contribution in [-0.4, -0.2) is 46.6 Å². The maximum Gasteiger partial charge on any atom is 0.321 e. The van der Waals surface area contributed by atoms with Gasteiger partial charge in [0, 0.05) is 62.1 Å². The van der Waals surface area contributed by atoms with E-state index in [1.165, 1.54) is 11.3 Å². The van der Waals surface area contributed by atoms with E-state index in [-0.39, 0.29) is 6.03 Å². The van der Waals surface area contributed by atoms with Crippen LogP contribution < -0.4 is 15.5 Å². The zero-order valence-corrected chi connectivity index (χ0v) is 17.7. The lowest BCUT2D eigenvalue weighted by Crippen LogP contribution is -2.28. The molecule has 0 aliphatic rings. The van der Waals surface area contributed by atoms with Crippen molar-refractivity contribution in [2.24, 2.45) is 0 Å². The van der Waals surface area contributed by atoms with Crippen LogP contribution in [-0.2, 0) is 0 Å². The van der Waals surface area contributed by atoms with Gasteiger partial charge in [0.25, 0.3) is 0 Å². The standard InChI is InChI=1S/C21H21N7OS/c1-4-23-20(29)27-21-26-17-9-14(15-11-24-19(25-12-15)28(2)3)8-16(18(17)30-21)13-6-5-7-22-10-13/h5-12H,4H2,1-3H3,(H2,23,26,27,29). The number of thiazole rings is 1. The number of urea groups is 1. The first-order valence-corrected chi connectivity index (χ1v) is 10.3. The van der Waals surface area contributed by atoms with Gasteiger partial charge in [0.1, 0.15) is 0 Å². The third-order valence-corrected chi connectivity index (χ3v) is 5.41. The summed E-state index contributed by atoms with van der Waals surface area (Å²) in [4.78, 5) is 31.5. The van der Waals surface area contributed by atoms with E-state index >= 15 is 0 Å². The van der Waals surface area contributed by atoms with E-state index < -0.39 is 0 Å². The number of hydrogen-bond acceptors (Lipinski definition) is 7. The van der Waals surface area contributed by atoms with E-state index in [0.717, 1.165) is 32.5 Å². The minimum Gasteiger partial charge on any atom is -0.347 e. The molecule has 0 unspecified atom stereocenters. The fraction of sp³-hybridized carbons (Fsp3) is 0.190. The van der Waals surface area contributed by atoms with Crippen molar-refractivity contribution in [3.05, 3.63) is 49.1 Å². The topological polar surface area (TPSA) is 95.9 Å². The lowest BCUT2D eigenvalue weighted by atomic mass is 10.0. The third kappa shape index (κ3) is 4.06. The minimum atomic E-state index is -0.271. The predicted molar refractivity (Wildman–Crippen MR) is 121 cm³/mol. The van der Waals surface area contributed by atoms with Crippen molar-refractivity contribution in [1.29, 1.82) is 0 Å². The summed E-state index contributed by atoms with van der Waals surface area (Å²) in [6.45, 7) is 2.42. The highest BCUT2D eigenvalue weighted by molar-refractivity contribution is 7.22. The molecule has 0 radical (unpaired) electrons. The monoisotopic (exact) mass is 419 g/mol. The second kappa shape index (κ2) is 8.42. The van der Waals surface area contributed by atoms with Gasteiger partial charge in [-0.1, -0.05) is 17.4 Å². The number of pyridine rings is 1. The van der Waals surface area contributed by atoms with Gasteiger partial charge in [0.05, 0.1) is 10.2 Å². The number of nitrogens with zero attached hydrogens (tertiary/aromatic N) is 5. The second-order valence-corrected chi connectivity index (χ2v) is 7.78. The van der Waals surface area contributed by atoms with Crippen molar-refractivity contribution in [1.82, 2.24) is 25.3 Å². The fourth-order valence-corrected chi connectivity index (χ4v) is 3.97. The summed E-state index contributed by atoms with van der Waals surface area (Å²) in [6, 6.07) is 7.71. The molecule has 9 heteroatoms. The number of rotatable bonds is 5. The van der Waals surface area contributed by atoms with Crippen molar-refractivity contribution in [2.45, 2.75) is 6.92 Å². The molecule has 0 spiro atoms. The average molecular weight is 420 g/mol. The fourth-order valence-electron chi connectivity index (χ4n) is 2.99. The first kappa shape index (κ1) is 19.7. The molecular formula is C21H21N7OS. The van der Waals surface area contributed by atoms with Crippen LogP contribution in [0.2, 0.25) is 0 Å². The van der Waals surface area contributed by atoms with Crippen LogP contribution in [0.15, 0.2) is 49.1 Å². The van der Waals surface area contributed by atoms with E-state index in [1.54, 1.807) is 18.6 Å². The van der Waals surface area contributed by atoms with Gasteiger partial charge in [-0.05, 0) is 30.7 Å². The van der Waals surface area contributed by atoms with E-state index in [0.29, 0.717) is 17.6 Å². The van der Waals surface area contributed by atoms with Crippen molar-refractivity contribution in [2.75, 3.05) is 30.9 Å². The highest BCUT2D eigenvalue weighted by Crippen LogP contribution is 2.38. The molecule has 30 heavy (non-hydrogen) atoms. The molecule has 0 saturated carbocycles. The van der Waals surface area contributed by atoms with Crippen LogP contribution in [0.25, 0.3) is 32.5 Å². The first-order valence-electron chi connectivity index (χ1n) is 9.44. The van der Waals surface area contributed by atoms with Gasteiger partial charge in [-0.3, -0.25) is 10.3 Å². The molecule has 3 heterocycles. The number of carbonyl (C=O) groups is 1. The molecule has 4 aromatic rings. The van der Waals surface area contributed by atoms with E-state index in [4.69, 9.17) is 0 Å². The van der Waals surface area contributed by atoms with Crippen molar-refractivity contribution in [3.8, 4) is 22.3 Å². The smallest absolute Gasteiger partial charge is 0.321 e. The van der Waals surface area contributed by atoms with Crippen LogP contribution in [0, 0.1) is 0 Å². The van der Waals surface area contributed by atoms with Gasteiger partial charge in [0.2, 0.25) is 5.95 Å². The minimum absolute atomic E-state index is 0.271. The molecule has 8 nitrogen and oxygen atoms in total. The highest BCUT2D eigenvalue weighted by atomic mass is 32.1. The first-order chi connectivity index (χ1) is 14.5. The Morgan fingerprint density at radius 1 is 1.10 bits per heavy atom. The Morgan fingerprint density at radius 3 is 2.57 bits per heavy atom. The van der Waals surface area contributed by atoms with Crippen molar-refractivity contribution >= 4 is 38.7 Å². The normalized spacial score (nSPS) is 10.8. The Labute approximate surface area is 178 Å². The van der Waals surface area contributed by atoms with Gasteiger partial charge in [-0.15, -0.1) is 0 Å². The molecule has 0 atom stereocenters. The van der Waals surface area contributed by atoms with Crippen LogP contribution in [0.5, 0.6) is 0 Å². The SMILES string of the molecule is CCNC(=O)Nc1nc2cc(-c3cnc(N(C)C)nc3)cc(-c3cccnc3)c2s1. The Morgan fingerprint density at radius 2 is 1.90 bits per heavy atom. The Hall–Kier alpha value is -3.59. The molecule has 3 aromatic heterocycles. The Kier molecular flexibility index (Phi) is 5.53. The predicted octanol–water partition coefficient (Wildman–Crippen LogP) is 4.02. The molecule has 1 aromatic carbocycles.